The third kappa shape index (κ3) is 2.14. The van der Waals surface area contributed by atoms with Crippen LogP contribution < -0.4 is 5.73 Å². The average molecular weight is 242 g/mol. The fraction of sp³-hybridized carbons (Fsp3) is 0.818. The van der Waals surface area contributed by atoms with E-state index in [4.69, 9.17) is 10.8 Å². The third-order valence-corrected chi connectivity index (χ3v) is 3.71. The van der Waals surface area contributed by atoms with E-state index in [1.807, 2.05) is 0 Å². The number of nitrogens with zero attached hydrogens (tertiary/aromatic N) is 1. The molecule has 1 aliphatic heterocycles. The van der Waals surface area contributed by atoms with Gasteiger partial charge in [0, 0.05) is 13.0 Å². The van der Waals surface area contributed by atoms with Crippen LogP contribution in [0.3, 0.4) is 0 Å². The maximum Gasteiger partial charge on any atom is 0.326 e. The van der Waals surface area contributed by atoms with Crippen molar-refractivity contribution in [3.05, 3.63) is 0 Å². The summed E-state index contributed by atoms with van der Waals surface area (Å²) in [5.41, 5.74) is 4.99. The van der Waals surface area contributed by atoms with Crippen molar-refractivity contribution in [1.82, 2.24) is 4.90 Å². The van der Waals surface area contributed by atoms with Gasteiger partial charge in [0.15, 0.2) is 0 Å². The van der Waals surface area contributed by atoms with Crippen molar-refractivity contribution < 1.29 is 19.8 Å². The Balaban J connectivity index is 2.15. The van der Waals surface area contributed by atoms with E-state index in [0.717, 1.165) is 12.8 Å². The molecule has 0 bridgehead atoms. The van der Waals surface area contributed by atoms with Gasteiger partial charge in [-0.05, 0) is 25.7 Å². The number of carbonyl (C=O) groups is 2. The Hall–Kier alpha value is -1.14. The van der Waals surface area contributed by atoms with E-state index in [0.29, 0.717) is 0 Å². The maximum absolute atomic E-state index is 12.2. The summed E-state index contributed by atoms with van der Waals surface area (Å²) in [6.45, 7) is 1.71. The number of rotatable bonds is 3. The fourth-order valence-corrected chi connectivity index (χ4v) is 2.44. The summed E-state index contributed by atoms with van der Waals surface area (Å²) in [5.74, 6) is -1.30. The molecule has 2 fully saturated rings. The summed E-state index contributed by atoms with van der Waals surface area (Å²) in [5, 5.41) is 18.5. The Morgan fingerprint density at radius 1 is 1.41 bits per heavy atom. The number of likely N-dealkylation sites (tertiary alicyclic amines) is 1. The van der Waals surface area contributed by atoms with E-state index < -0.39 is 23.7 Å². The minimum Gasteiger partial charge on any atom is -0.480 e. The Morgan fingerprint density at radius 2 is 2.00 bits per heavy atom. The lowest BCUT2D eigenvalue weighted by molar-refractivity contribution is -0.150. The van der Waals surface area contributed by atoms with Crippen molar-refractivity contribution in [1.29, 1.82) is 0 Å². The van der Waals surface area contributed by atoms with Crippen molar-refractivity contribution in [3.8, 4) is 0 Å². The van der Waals surface area contributed by atoms with Gasteiger partial charge in [0.25, 0.3) is 0 Å². The van der Waals surface area contributed by atoms with Gasteiger partial charge in [0.1, 0.15) is 6.04 Å². The molecule has 2 unspecified atom stereocenters. The number of β-amino-alcohol motifs (C(OH)–C–C–N with tert-alkyl or cyclic N) is 1. The maximum atomic E-state index is 12.2. The van der Waals surface area contributed by atoms with Crippen LogP contribution in [0.4, 0.5) is 0 Å². The topological polar surface area (TPSA) is 104 Å². The first kappa shape index (κ1) is 12.3. The third-order valence-electron chi connectivity index (χ3n) is 3.71. The Bertz CT molecular complexity index is 351. The first-order valence-corrected chi connectivity index (χ1v) is 5.85. The number of carboxylic acid groups (broad SMARTS) is 1. The van der Waals surface area contributed by atoms with Crippen LogP contribution in [0.1, 0.15) is 26.2 Å². The highest BCUT2D eigenvalue weighted by Gasteiger charge is 2.50. The summed E-state index contributed by atoms with van der Waals surface area (Å²) in [4.78, 5) is 24.5. The molecule has 0 radical (unpaired) electrons. The van der Waals surface area contributed by atoms with Crippen LogP contribution in [0.5, 0.6) is 0 Å². The van der Waals surface area contributed by atoms with Gasteiger partial charge in [-0.2, -0.15) is 0 Å². The monoisotopic (exact) mass is 242 g/mol. The molecular formula is C11H18N2O4. The number of carbonyl (C=O) groups excluding carboxylic acids is 1. The van der Waals surface area contributed by atoms with Crippen LogP contribution in [0.15, 0.2) is 0 Å². The predicted octanol–water partition coefficient (Wildman–Crippen LogP) is -0.840. The minimum atomic E-state index is -1.08. The second-order valence-electron chi connectivity index (χ2n) is 5.26. The van der Waals surface area contributed by atoms with Crippen LogP contribution in [0, 0.1) is 5.92 Å². The van der Waals surface area contributed by atoms with Gasteiger partial charge in [-0.25, -0.2) is 4.79 Å². The van der Waals surface area contributed by atoms with E-state index in [1.165, 1.54) is 4.90 Å². The molecule has 1 aliphatic carbocycles. The van der Waals surface area contributed by atoms with Gasteiger partial charge >= 0.3 is 5.97 Å². The molecule has 4 N–H and O–H groups in total. The fourth-order valence-electron chi connectivity index (χ4n) is 2.44. The first-order chi connectivity index (χ1) is 7.84. The number of aliphatic carboxylic acids is 1. The molecule has 1 amide bonds. The van der Waals surface area contributed by atoms with Gasteiger partial charge < -0.3 is 20.8 Å². The Labute approximate surface area is 99.4 Å². The number of nitrogens with two attached hydrogens (primary N) is 1. The lowest BCUT2D eigenvalue weighted by Crippen LogP contribution is -2.57. The van der Waals surface area contributed by atoms with E-state index in [9.17, 15) is 14.7 Å². The molecule has 1 heterocycles. The van der Waals surface area contributed by atoms with Crippen molar-refractivity contribution in [2.75, 3.05) is 6.54 Å². The molecule has 2 rings (SSSR count). The molecule has 3 atom stereocenters. The lowest BCUT2D eigenvalue weighted by Gasteiger charge is -2.31. The lowest BCUT2D eigenvalue weighted by atomic mass is 9.95. The zero-order valence-corrected chi connectivity index (χ0v) is 9.80. The van der Waals surface area contributed by atoms with E-state index in [-0.39, 0.29) is 24.8 Å². The average Bonchev–Trinajstić information content (AvgIpc) is 3.01. The summed E-state index contributed by atoms with van der Waals surface area (Å²) in [7, 11) is 0. The minimum absolute atomic E-state index is 0.0648. The summed E-state index contributed by atoms with van der Waals surface area (Å²) in [6, 6.07) is -0.945. The molecule has 0 spiro atoms. The molecule has 0 aromatic rings. The molecule has 96 valence electrons. The normalized spacial score (nSPS) is 32.3. The van der Waals surface area contributed by atoms with Crippen LogP contribution in [0.25, 0.3) is 0 Å². The number of hydrogen-bond donors (Lipinski definition) is 3. The highest BCUT2D eigenvalue weighted by molar-refractivity contribution is 5.90. The van der Waals surface area contributed by atoms with Gasteiger partial charge in [-0.15, -0.1) is 0 Å². The predicted molar refractivity (Wildman–Crippen MR) is 59.1 cm³/mol. The number of carboxylic acids is 1. The number of aliphatic hydroxyl groups excluding tert-OH is 1. The molecule has 0 aromatic carbocycles. The molecular weight excluding hydrogens is 224 g/mol. The van der Waals surface area contributed by atoms with Crippen LogP contribution in [0.2, 0.25) is 0 Å². The standard InChI is InChI=1S/C11H18N2O4/c1-11(12,6-2-3-6)10(17)13-5-7(14)4-8(13)9(15)16/h6-8,14H,2-5,12H2,1H3,(H,15,16)/t7?,8-,11?/m0/s1. The van der Waals surface area contributed by atoms with Crippen LogP contribution >= 0.6 is 0 Å². The van der Waals surface area contributed by atoms with Gasteiger partial charge in [-0.3, -0.25) is 4.79 Å². The van der Waals surface area contributed by atoms with Gasteiger partial charge in [-0.1, -0.05) is 0 Å². The summed E-state index contributed by atoms with van der Waals surface area (Å²) < 4.78 is 0. The second-order valence-corrected chi connectivity index (χ2v) is 5.26. The smallest absolute Gasteiger partial charge is 0.326 e. The molecule has 1 saturated carbocycles. The largest absolute Gasteiger partial charge is 0.480 e. The van der Waals surface area contributed by atoms with E-state index in [2.05, 4.69) is 0 Å². The molecule has 0 aromatic heterocycles. The van der Waals surface area contributed by atoms with E-state index >= 15 is 0 Å². The van der Waals surface area contributed by atoms with Gasteiger partial charge in [0.2, 0.25) is 5.91 Å². The molecule has 17 heavy (non-hydrogen) atoms. The molecule has 1 saturated heterocycles. The highest BCUT2D eigenvalue weighted by Crippen LogP contribution is 2.39. The molecule has 6 heteroatoms. The SMILES string of the molecule is CC(N)(C(=O)N1CC(O)C[C@H]1C(=O)O)C1CC1. The number of amides is 1. The van der Waals surface area contributed by atoms with Crippen LogP contribution in [-0.2, 0) is 9.59 Å². The molecule has 2 aliphatic rings. The van der Waals surface area contributed by atoms with Crippen LogP contribution in [-0.4, -0.2) is 51.2 Å². The second kappa shape index (κ2) is 3.96. The summed E-state index contributed by atoms with van der Waals surface area (Å²) >= 11 is 0. The van der Waals surface area contributed by atoms with Gasteiger partial charge in [0.05, 0.1) is 11.6 Å². The zero-order chi connectivity index (χ0) is 12.8. The van der Waals surface area contributed by atoms with Crippen molar-refractivity contribution >= 4 is 11.9 Å². The number of aliphatic hydroxyl groups is 1. The molecule has 6 nitrogen and oxygen atoms in total. The van der Waals surface area contributed by atoms with Crippen molar-refractivity contribution in [2.24, 2.45) is 11.7 Å². The Morgan fingerprint density at radius 3 is 2.47 bits per heavy atom. The van der Waals surface area contributed by atoms with Crippen molar-refractivity contribution in [3.63, 3.8) is 0 Å². The number of hydrogen-bond acceptors (Lipinski definition) is 4. The first-order valence-electron chi connectivity index (χ1n) is 5.85. The zero-order valence-electron chi connectivity index (χ0n) is 9.80. The summed E-state index contributed by atoms with van der Waals surface area (Å²) in [6.07, 6.45) is 1.14. The van der Waals surface area contributed by atoms with E-state index in [1.54, 1.807) is 6.92 Å². The quantitative estimate of drug-likeness (QED) is 0.598. The Kier molecular flexibility index (Phi) is 2.87. The van der Waals surface area contributed by atoms with Crippen molar-refractivity contribution in [2.45, 2.75) is 43.9 Å². The highest BCUT2D eigenvalue weighted by atomic mass is 16.4.